The number of rotatable bonds is 2. The molecule has 0 aliphatic rings. The van der Waals surface area contributed by atoms with E-state index in [4.69, 9.17) is 17.3 Å². The maximum Gasteiger partial charge on any atom is 0.253 e. The fourth-order valence-corrected chi connectivity index (χ4v) is 2.29. The molecule has 2 aromatic rings. The van der Waals surface area contributed by atoms with Gasteiger partial charge in [0.05, 0.1) is 0 Å². The van der Waals surface area contributed by atoms with Crippen LogP contribution in [-0.4, -0.2) is 19.9 Å². The maximum atomic E-state index is 11.2. The van der Waals surface area contributed by atoms with Gasteiger partial charge in [0.1, 0.15) is 10.8 Å². The molecule has 0 bridgehead atoms. The Morgan fingerprint density at radius 3 is 2.76 bits per heavy atom. The summed E-state index contributed by atoms with van der Waals surface area (Å²) in [6.45, 7) is 1.80. The lowest BCUT2D eigenvalue weighted by molar-refractivity contribution is 0.933. The molecule has 88 valence electrons. The Bertz CT molecular complexity index is 594. The highest BCUT2D eigenvalue weighted by molar-refractivity contribution is 7.99. The number of nitrogen functional groups attached to an aromatic ring is 1. The SMILES string of the molecule is Cc1cc(Sc2nc(N)cc(=O)[nH]2)nc(Cl)n1. The normalized spacial score (nSPS) is 10.5. The third-order valence-electron chi connectivity index (χ3n) is 1.74. The molecule has 0 amide bonds. The highest BCUT2D eigenvalue weighted by Gasteiger charge is 2.05. The van der Waals surface area contributed by atoms with Crippen LogP contribution in [0.25, 0.3) is 0 Å². The van der Waals surface area contributed by atoms with E-state index < -0.39 is 0 Å². The van der Waals surface area contributed by atoms with Gasteiger partial charge in [-0.15, -0.1) is 0 Å². The molecule has 17 heavy (non-hydrogen) atoms. The molecule has 6 nitrogen and oxygen atoms in total. The first-order valence-electron chi connectivity index (χ1n) is 4.59. The quantitative estimate of drug-likeness (QED) is 0.629. The Morgan fingerprint density at radius 1 is 1.35 bits per heavy atom. The summed E-state index contributed by atoms with van der Waals surface area (Å²) in [7, 11) is 0. The number of halogens is 1. The molecule has 2 heterocycles. The zero-order chi connectivity index (χ0) is 12.4. The van der Waals surface area contributed by atoms with Gasteiger partial charge in [-0.2, -0.15) is 0 Å². The van der Waals surface area contributed by atoms with Crippen molar-refractivity contribution < 1.29 is 0 Å². The van der Waals surface area contributed by atoms with E-state index in [9.17, 15) is 4.79 Å². The summed E-state index contributed by atoms with van der Waals surface area (Å²) in [6.07, 6.45) is 0. The van der Waals surface area contributed by atoms with E-state index >= 15 is 0 Å². The number of hydrogen-bond acceptors (Lipinski definition) is 6. The van der Waals surface area contributed by atoms with E-state index in [0.717, 1.165) is 17.5 Å². The second kappa shape index (κ2) is 4.72. The lowest BCUT2D eigenvalue weighted by Crippen LogP contribution is -2.09. The van der Waals surface area contributed by atoms with Crippen molar-refractivity contribution in [2.75, 3.05) is 5.73 Å². The summed E-state index contributed by atoms with van der Waals surface area (Å²) in [6, 6.07) is 2.95. The molecular weight excluding hydrogens is 262 g/mol. The second-order valence-corrected chi connectivity index (χ2v) is 4.54. The van der Waals surface area contributed by atoms with Crippen LogP contribution < -0.4 is 11.3 Å². The second-order valence-electron chi connectivity index (χ2n) is 3.19. The molecule has 0 atom stereocenters. The first-order chi connectivity index (χ1) is 8.02. The number of hydrogen-bond donors (Lipinski definition) is 2. The molecule has 0 saturated carbocycles. The minimum absolute atomic E-state index is 0.152. The van der Waals surface area contributed by atoms with Gasteiger partial charge < -0.3 is 10.7 Å². The Morgan fingerprint density at radius 2 is 2.12 bits per heavy atom. The van der Waals surface area contributed by atoms with E-state index in [0.29, 0.717) is 10.2 Å². The van der Waals surface area contributed by atoms with Gasteiger partial charge in [-0.05, 0) is 36.4 Å². The van der Waals surface area contributed by atoms with Crippen LogP contribution in [0.15, 0.2) is 27.1 Å². The Kier molecular flexibility index (Phi) is 3.30. The van der Waals surface area contributed by atoms with Gasteiger partial charge in [-0.1, -0.05) is 0 Å². The van der Waals surface area contributed by atoms with Gasteiger partial charge in [0.2, 0.25) is 5.28 Å². The summed E-state index contributed by atoms with van der Waals surface area (Å²) in [5.41, 5.74) is 5.90. The van der Waals surface area contributed by atoms with Crippen molar-refractivity contribution >= 4 is 29.2 Å². The van der Waals surface area contributed by atoms with Crippen molar-refractivity contribution in [3.63, 3.8) is 0 Å². The first-order valence-corrected chi connectivity index (χ1v) is 5.78. The minimum Gasteiger partial charge on any atom is -0.383 e. The maximum absolute atomic E-state index is 11.2. The lowest BCUT2D eigenvalue weighted by atomic mass is 10.5. The van der Waals surface area contributed by atoms with Gasteiger partial charge in [0.15, 0.2) is 5.16 Å². The molecule has 0 aliphatic carbocycles. The van der Waals surface area contributed by atoms with Crippen molar-refractivity contribution in [3.8, 4) is 0 Å². The third-order valence-corrected chi connectivity index (χ3v) is 2.72. The monoisotopic (exact) mass is 269 g/mol. The highest BCUT2D eigenvalue weighted by atomic mass is 35.5. The number of aromatic nitrogens is 4. The van der Waals surface area contributed by atoms with E-state index in [1.54, 1.807) is 13.0 Å². The largest absolute Gasteiger partial charge is 0.383 e. The first kappa shape index (κ1) is 11.9. The zero-order valence-electron chi connectivity index (χ0n) is 8.77. The predicted octanol–water partition coefficient (Wildman–Crippen LogP) is 1.26. The fraction of sp³-hybridized carbons (Fsp3) is 0.111. The van der Waals surface area contributed by atoms with Crippen LogP contribution in [0.3, 0.4) is 0 Å². The number of nitrogens with two attached hydrogens (primary N) is 1. The van der Waals surface area contributed by atoms with Crippen LogP contribution in [-0.2, 0) is 0 Å². The smallest absolute Gasteiger partial charge is 0.253 e. The van der Waals surface area contributed by atoms with Crippen molar-refractivity contribution in [1.29, 1.82) is 0 Å². The average Bonchev–Trinajstić information content (AvgIpc) is 2.13. The number of aromatic amines is 1. The Balaban J connectivity index is 2.34. The number of nitrogens with zero attached hydrogens (tertiary/aromatic N) is 3. The topological polar surface area (TPSA) is 97.5 Å². The van der Waals surface area contributed by atoms with Crippen molar-refractivity contribution in [2.24, 2.45) is 0 Å². The Labute approximate surface area is 106 Å². The molecule has 0 fully saturated rings. The fourth-order valence-electron chi connectivity index (χ4n) is 1.16. The minimum atomic E-state index is -0.308. The van der Waals surface area contributed by atoms with Crippen LogP contribution in [0, 0.1) is 6.92 Å². The van der Waals surface area contributed by atoms with Crippen molar-refractivity contribution in [1.82, 2.24) is 19.9 Å². The summed E-state index contributed by atoms with van der Waals surface area (Å²) in [5.74, 6) is 0.160. The van der Waals surface area contributed by atoms with E-state index in [-0.39, 0.29) is 16.7 Å². The zero-order valence-corrected chi connectivity index (χ0v) is 10.3. The van der Waals surface area contributed by atoms with E-state index in [2.05, 4.69) is 19.9 Å². The molecule has 0 spiro atoms. The molecular formula is C9H8ClN5OS. The number of aryl methyl sites for hydroxylation is 1. The molecule has 2 rings (SSSR count). The standard InChI is InChI=1S/C9H8ClN5OS/c1-4-2-7(15-8(10)12-4)17-9-13-5(11)3-6(16)14-9/h2-3H,1H3,(H3,11,13,14,16). The van der Waals surface area contributed by atoms with Crippen LogP contribution in [0.4, 0.5) is 5.82 Å². The summed E-state index contributed by atoms with van der Waals surface area (Å²) >= 11 is 6.89. The van der Waals surface area contributed by atoms with Crippen LogP contribution in [0.2, 0.25) is 5.28 Å². The molecule has 3 N–H and O–H groups in total. The number of anilines is 1. The van der Waals surface area contributed by atoms with E-state index in [1.807, 2.05) is 0 Å². The van der Waals surface area contributed by atoms with E-state index in [1.165, 1.54) is 6.07 Å². The van der Waals surface area contributed by atoms with Crippen LogP contribution in [0.1, 0.15) is 5.69 Å². The summed E-state index contributed by atoms with van der Waals surface area (Å²) in [4.78, 5) is 25.6. The molecule has 0 aliphatic heterocycles. The van der Waals surface area contributed by atoms with Gasteiger partial charge >= 0.3 is 0 Å². The molecule has 0 unspecified atom stereocenters. The van der Waals surface area contributed by atoms with Gasteiger partial charge in [0, 0.05) is 11.8 Å². The molecule has 0 saturated heterocycles. The van der Waals surface area contributed by atoms with Crippen LogP contribution in [0.5, 0.6) is 0 Å². The molecule has 0 aromatic carbocycles. The van der Waals surface area contributed by atoms with Crippen molar-refractivity contribution in [3.05, 3.63) is 33.5 Å². The molecule has 0 radical (unpaired) electrons. The van der Waals surface area contributed by atoms with Crippen LogP contribution >= 0.6 is 23.4 Å². The van der Waals surface area contributed by atoms with Gasteiger partial charge in [0.25, 0.3) is 5.56 Å². The summed E-state index contributed by atoms with van der Waals surface area (Å²) in [5, 5.41) is 1.11. The summed E-state index contributed by atoms with van der Waals surface area (Å²) < 4.78 is 0. The molecule has 2 aromatic heterocycles. The number of nitrogens with one attached hydrogen (secondary N) is 1. The van der Waals surface area contributed by atoms with Gasteiger partial charge in [-0.3, -0.25) is 4.79 Å². The molecule has 8 heteroatoms. The predicted molar refractivity (Wildman–Crippen MR) is 65.2 cm³/mol. The third kappa shape index (κ3) is 3.18. The number of H-pyrrole nitrogens is 1. The average molecular weight is 270 g/mol. The van der Waals surface area contributed by atoms with Crippen molar-refractivity contribution in [2.45, 2.75) is 17.1 Å². The Hall–Kier alpha value is -1.60. The van der Waals surface area contributed by atoms with Gasteiger partial charge in [-0.25, -0.2) is 15.0 Å². The highest BCUT2D eigenvalue weighted by Crippen LogP contribution is 2.23. The lowest BCUT2D eigenvalue weighted by Gasteiger charge is -2.02.